The fourth-order valence-corrected chi connectivity index (χ4v) is 13.8. The smallest absolute Gasteiger partial charge is 0.112 e. The zero-order chi connectivity index (χ0) is 83.2. The Hall–Kier alpha value is -5.42. The molecule has 2 unspecified atom stereocenters. The van der Waals surface area contributed by atoms with Crippen LogP contribution in [0.25, 0.3) is 0 Å². The maximum atomic E-state index is 5.56. The van der Waals surface area contributed by atoms with Gasteiger partial charge in [-0.3, -0.25) is 9.97 Å². The van der Waals surface area contributed by atoms with Crippen molar-refractivity contribution in [1.82, 2.24) is 20.2 Å². The van der Waals surface area contributed by atoms with Crippen LogP contribution in [0.2, 0.25) is 0 Å². The van der Waals surface area contributed by atoms with Gasteiger partial charge in [0.25, 0.3) is 0 Å². The maximum Gasteiger partial charge on any atom is 0.112 e. The first-order valence-corrected chi connectivity index (χ1v) is 40.7. The van der Waals surface area contributed by atoms with E-state index in [1.54, 1.807) is 6.26 Å². The van der Waals surface area contributed by atoms with E-state index in [0.717, 1.165) is 30.7 Å². The normalized spacial score (nSPS) is 16.3. The van der Waals surface area contributed by atoms with Crippen LogP contribution in [0.1, 0.15) is 393 Å². The first kappa shape index (κ1) is 98.6. The van der Waals surface area contributed by atoms with E-state index in [9.17, 15) is 0 Å². The van der Waals surface area contributed by atoms with E-state index in [1.165, 1.54) is 73.7 Å². The summed E-state index contributed by atoms with van der Waals surface area (Å²) >= 11 is 0. The van der Waals surface area contributed by atoms with E-state index in [1.807, 2.05) is 24.5 Å². The molecule has 1 saturated carbocycles. The Morgan fingerprint density at radius 3 is 0.981 bits per heavy atom. The average molecular weight is 1460 g/mol. The van der Waals surface area contributed by atoms with Crippen molar-refractivity contribution in [1.29, 1.82) is 0 Å². The highest BCUT2D eigenvalue weighted by atomic mass is 16.3. The molecule has 5 heterocycles. The maximum absolute atomic E-state index is 5.56. The van der Waals surface area contributed by atoms with Gasteiger partial charge in [-0.05, 0) is 163 Å². The van der Waals surface area contributed by atoms with Gasteiger partial charge in [0.05, 0.1) is 6.26 Å². The molecule has 1 aliphatic carbocycles. The third kappa shape index (κ3) is 33.0. The Balaban J connectivity index is 0.000000606. The van der Waals surface area contributed by atoms with Gasteiger partial charge in [-0.15, -0.1) is 0 Å². The van der Waals surface area contributed by atoms with Crippen LogP contribution in [-0.2, 0) is 43.3 Å². The van der Waals surface area contributed by atoms with Crippen LogP contribution >= 0.6 is 0 Å². The van der Waals surface area contributed by atoms with Crippen LogP contribution in [0.15, 0.2) is 149 Å². The van der Waals surface area contributed by atoms with Crippen LogP contribution in [0.5, 0.6) is 0 Å². The van der Waals surface area contributed by atoms with Gasteiger partial charge in [0.15, 0.2) is 0 Å². The first-order chi connectivity index (χ1) is 47.2. The minimum Gasteiger partial charge on any atom is -0.468 e. The van der Waals surface area contributed by atoms with Crippen molar-refractivity contribution in [3.05, 3.63) is 201 Å². The number of hydrogen-bond acceptors (Lipinski definition) is 5. The topological polar surface area (TPSA) is 54.2 Å². The Labute approximate surface area is 659 Å². The number of aromatic nitrogens is 2. The Bertz CT molecular complexity index is 3220. The summed E-state index contributed by atoms with van der Waals surface area (Å²) < 4.78 is 5.56. The molecule has 2 aromatic carbocycles. The number of dihydropyridines is 1. The highest BCUT2D eigenvalue weighted by Gasteiger charge is 2.50. The molecule has 5 nitrogen and oxygen atoms in total. The number of pyridine rings is 2. The zero-order valence-corrected chi connectivity index (χ0v) is 78.3. The molecule has 2 atom stereocenters. The van der Waals surface area contributed by atoms with Gasteiger partial charge < -0.3 is 14.6 Å². The molecule has 8 rings (SSSR count). The lowest BCUT2D eigenvalue weighted by molar-refractivity contribution is 0.162. The summed E-state index contributed by atoms with van der Waals surface area (Å²) in [6.07, 6.45) is 18.1. The molecule has 0 spiro atoms. The van der Waals surface area contributed by atoms with Gasteiger partial charge in [-0.25, -0.2) is 0 Å². The molecular weight excluding hydrogens is 1290 g/mol. The second-order valence-electron chi connectivity index (χ2n) is 45.7. The zero-order valence-electron chi connectivity index (χ0n) is 78.3. The molecule has 600 valence electrons. The molecule has 106 heavy (non-hydrogen) atoms. The van der Waals surface area contributed by atoms with Gasteiger partial charge in [0.2, 0.25) is 0 Å². The predicted octanol–water partition coefficient (Wildman–Crippen LogP) is 30.2. The molecule has 0 radical (unpaired) electrons. The van der Waals surface area contributed by atoms with E-state index in [4.69, 9.17) is 4.42 Å². The summed E-state index contributed by atoms with van der Waals surface area (Å²) in [7, 11) is 0. The van der Waals surface area contributed by atoms with E-state index < -0.39 is 0 Å². The SMILES string of the molecule is CC(C)(C)C1=C(C(C)(C)C)NCC=C1.CC(C)(C)C1=CC=CCN1C(C)(C)C.CC(C)(C)C1CC1C(C)(C)C.CC(C)(C)c1ccccc1C(C)(C)C.CC(C)(C)c1cccnc1C(C)(C)C.CC(C)(C)c1cccnc1C(C)(C)C.CC(C)(C)c1ccoc1C(C)(C)C.CC(C)c1ccccc1C(C)C. The summed E-state index contributed by atoms with van der Waals surface area (Å²) in [5.74, 6) is 4.34. The summed E-state index contributed by atoms with van der Waals surface area (Å²) in [5.41, 5.74) is 20.0. The molecular formula is C101H170N4O. The Kier molecular flexibility index (Phi) is 34.9. The van der Waals surface area contributed by atoms with Gasteiger partial charge in [-0.1, -0.05) is 383 Å². The van der Waals surface area contributed by atoms with Crippen molar-refractivity contribution in [2.45, 2.75) is 386 Å². The molecule has 0 bridgehead atoms. The highest BCUT2D eigenvalue weighted by molar-refractivity contribution is 5.39. The lowest BCUT2D eigenvalue weighted by Gasteiger charge is -2.44. The summed E-state index contributed by atoms with van der Waals surface area (Å²) in [6.45, 7) is 106. The third-order valence-corrected chi connectivity index (χ3v) is 19.7. The van der Waals surface area contributed by atoms with Crippen molar-refractivity contribution < 1.29 is 4.42 Å². The fourth-order valence-electron chi connectivity index (χ4n) is 13.8. The second kappa shape index (κ2) is 37.5. The molecule has 1 fully saturated rings. The van der Waals surface area contributed by atoms with E-state index in [-0.39, 0.29) is 65.1 Å². The molecule has 1 N–H and O–H groups in total. The first-order valence-electron chi connectivity index (χ1n) is 40.7. The van der Waals surface area contributed by atoms with E-state index in [0.29, 0.717) is 22.7 Å². The van der Waals surface area contributed by atoms with Crippen LogP contribution in [0, 0.1) is 38.9 Å². The fraction of sp³-hybridized carbons (Fsp3) is 0.663. The Morgan fingerprint density at radius 2 is 0.736 bits per heavy atom. The number of nitrogens with one attached hydrogen (secondary N) is 1. The lowest BCUT2D eigenvalue weighted by atomic mass is 9.75. The summed E-state index contributed by atoms with van der Waals surface area (Å²) in [6, 6.07) is 28.0. The molecule has 5 aromatic rings. The number of nitrogens with zero attached hydrogens (tertiary/aromatic N) is 3. The molecule has 2 aliphatic heterocycles. The van der Waals surface area contributed by atoms with E-state index >= 15 is 0 Å². The number of rotatable bonds is 2. The monoisotopic (exact) mass is 1460 g/mol. The number of allylic oxidation sites excluding steroid dienone is 6. The van der Waals surface area contributed by atoms with Crippen LogP contribution in [-0.4, -0.2) is 33.5 Å². The molecule has 3 aliphatic rings. The number of hydrogen-bond donors (Lipinski definition) is 1. The Morgan fingerprint density at radius 1 is 0.377 bits per heavy atom. The standard InChI is InChI=1S/C14H22.C13H23N.2C13H21N.C13H23N.C12H20O.C12H18.C11H22/c1-13(2,3)11-9-7-8-10-12(11)14(4,5)6;3*1-12(2,3)10-8-7-9-14-11(10)13(4,5)6;1-12(2,3)11-9-7-8-10-14(11)13(4,5)6;1-11(2,3)9-7-8-13-10(9)12(4,5)6;1-9(2)11-7-5-6-8-12(11)10(3)4;1-10(2,3)8-7-9(8)11(4,5)6/h7-10H,1-6H3;7-8,14H,9H2,1-6H3;2*7-9H,1-6H3;7-9H,10H2,1-6H3;7-8H,1-6H3;5-10H,1-4H3;8-9H,7H2,1-6H3. The molecule has 0 saturated heterocycles. The van der Waals surface area contributed by atoms with Gasteiger partial charge in [0, 0.05) is 80.9 Å². The lowest BCUT2D eigenvalue weighted by Crippen LogP contribution is -2.44. The number of benzene rings is 2. The highest BCUT2D eigenvalue weighted by Crippen LogP contribution is 2.58. The summed E-state index contributed by atoms with van der Waals surface area (Å²) in [5, 5.41) is 3.51. The minimum absolute atomic E-state index is 0.103. The van der Waals surface area contributed by atoms with E-state index in [2.05, 4.69) is 436 Å². The molecule has 0 amide bonds. The predicted molar refractivity (Wildman–Crippen MR) is 475 cm³/mol. The van der Waals surface area contributed by atoms with Gasteiger partial charge >= 0.3 is 0 Å². The van der Waals surface area contributed by atoms with Crippen molar-refractivity contribution >= 4 is 0 Å². The van der Waals surface area contributed by atoms with Crippen molar-refractivity contribution in [3.63, 3.8) is 0 Å². The van der Waals surface area contributed by atoms with Crippen LogP contribution < -0.4 is 5.32 Å². The summed E-state index contributed by atoms with van der Waals surface area (Å²) in [4.78, 5) is 11.5. The third-order valence-electron chi connectivity index (χ3n) is 19.7. The molecule has 5 heteroatoms. The van der Waals surface area contributed by atoms with Crippen molar-refractivity contribution in [2.75, 3.05) is 13.1 Å². The van der Waals surface area contributed by atoms with Crippen LogP contribution in [0.4, 0.5) is 0 Å². The van der Waals surface area contributed by atoms with Crippen molar-refractivity contribution in [2.24, 2.45) is 38.9 Å². The second-order valence-corrected chi connectivity index (χ2v) is 45.7. The minimum atomic E-state index is 0.103. The largest absolute Gasteiger partial charge is 0.468 e. The average Bonchev–Trinajstić information content (AvgIpc) is 1.60. The molecule has 3 aromatic heterocycles. The van der Waals surface area contributed by atoms with Crippen LogP contribution in [0.3, 0.4) is 0 Å². The van der Waals surface area contributed by atoms with Gasteiger partial charge in [0.1, 0.15) is 5.76 Å². The quantitative estimate of drug-likeness (QED) is 0.191. The number of furan rings is 1. The van der Waals surface area contributed by atoms with Gasteiger partial charge in [-0.2, -0.15) is 0 Å². The van der Waals surface area contributed by atoms with Crippen molar-refractivity contribution in [3.8, 4) is 0 Å².